The number of aromatic nitrogens is 2. The monoisotopic (exact) mass is 240 g/mol. The minimum atomic E-state index is 0.448. The Hall–Kier alpha value is -0.710. The van der Waals surface area contributed by atoms with E-state index in [4.69, 9.17) is 11.6 Å². The van der Waals surface area contributed by atoms with Crippen LogP contribution in [0.5, 0.6) is 0 Å². The summed E-state index contributed by atoms with van der Waals surface area (Å²) in [7, 11) is 2.11. The maximum absolute atomic E-state index is 5.69. The summed E-state index contributed by atoms with van der Waals surface area (Å²) in [6.45, 7) is 3.03. The Morgan fingerprint density at radius 3 is 3.00 bits per heavy atom. The summed E-state index contributed by atoms with van der Waals surface area (Å²) in [5.74, 6) is 0. The average Bonchev–Trinajstić information content (AvgIpc) is 2.74. The molecule has 0 spiro atoms. The van der Waals surface area contributed by atoms with Crippen LogP contribution in [-0.2, 0) is 6.54 Å². The van der Waals surface area contributed by atoms with Gasteiger partial charge in [0.1, 0.15) is 0 Å². The van der Waals surface area contributed by atoms with Gasteiger partial charge in [-0.3, -0.25) is 4.90 Å². The normalized spacial score (nSPS) is 20.6. The van der Waals surface area contributed by atoms with E-state index in [0.29, 0.717) is 11.2 Å². The summed E-state index contributed by atoms with van der Waals surface area (Å²) in [5, 5.41) is 11.8. The van der Waals surface area contributed by atoms with Crippen LogP contribution in [-0.4, -0.2) is 41.3 Å². The molecular weight excluding hydrogens is 224 g/mol. The number of halogens is 1. The first-order valence-corrected chi connectivity index (χ1v) is 6.02. The summed E-state index contributed by atoms with van der Waals surface area (Å²) >= 11 is 5.69. The zero-order chi connectivity index (χ0) is 11.4. The molecule has 1 aliphatic rings. The summed E-state index contributed by atoms with van der Waals surface area (Å²) in [5.41, 5.74) is 0.963. The number of rotatable bonds is 4. The van der Waals surface area contributed by atoms with Gasteiger partial charge in [0.15, 0.2) is 5.15 Å². The fourth-order valence-electron chi connectivity index (χ4n) is 2.06. The van der Waals surface area contributed by atoms with E-state index in [9.17, 15) is 0 Å². The van der Waals surface area contributed by atoms with Crippen LogP contribution in [0.3, 0.4) is 0 Å². The number of nitrogens with zero attached hydrogens (tertiary/aromatic N) is 3. The molecular formula is C11H17ClN4. The Bertz CT molecular complexity index is 321. The van der Waals surface area contributed by atoms with Crippen molar-refractivity contribution in [3.8, 4) is 0 Å². The van der Waals surface area contributed by atoms with Crippen molar-refractivity contribution in [1.82, 2.24) is 20.4 Å². The second kappa shape index (κ2) is 5.57. The van der Waals surface area contributed by atoms with Gasteiger partial charge in [0.05, 0.1) is 5.69 Å². The molecule has 4 nitrogen and oxygen atoms in total. The lowest BCUT2D eigenvalue weighted by Crippen LogP contribution is -2.35. The number of hydrogen-bond donors (Lipinski definition) is 1. The van der Waals surface area contributed by atoms with Crippen molar-refractivity contribution in [3.63, 3.8) is 0 Å². The second-order valence-electron chi connectivity index (χ2n) is 4.34. The van der Waals surface area contributed by atoms with Gasteiger partial charge in [-0.15, -0.1) is 5.10 Å². The van der Waals surface area contributed by atoms with Crippen molar-refractivity contribution in [2.45, 2.75) is 25.4 Å². The number of nitrogens with one attached hydrogen (secondary N) is 1. The Balaban J connectivity index is 1.81. The predicted octanol–water partition coefficient (Wildman–Crippen LogP) is 1.31. The topological polar surface area (TPSA) is 41.1 Å². The fourth-order valence-corrected chi connectivity index (χ4v) is 2.16. The third-order valence-electron chi connectivity index (χ3n) is 2.81. The fraction of sp³-hybridized carbons (Fsp3) is 0.636. The summed E-state index contributed by atoms with van der Waals surface area (Å²) < 4.78 is 0. The first-order chi connectivity index (χ1) is 7.74. The van der Waals surface area contributed by atoms with Gasteiger partial charge in [0.2, 0.25) is 0 Å². The van der Waals surface area contributed by atoms with Crippen LogP contribution in [0.2, 0.25) is 5.15 Å². The van der Waals surface area contributed by atoms with Crippen molar-refractivity contribution in [1.29, 1.82) is 0 Å². The molecule has 1 aromatic rings. The van der Waals surface area contributed by atoms with Gasteiger partial charge in [-0.1, -0.05) is 11.6 Å². The lowest BCUT2D eigenvalue weighted by atomic mass is 10.2. The molecule has 5 heteroatoms. The molecule has 1 saturated heterocycles. The molecule has 0 radical (unpaired) electrons. The van der Waals surface area contributed by atoms with Crippen molar-refractivity contribution in [2.24, 2.45) is 0 Å². The van der Waals surface area contributed by atoms with E-state index < -0.39 is 0 Å². The van der Waals surface area contributed by atoms with E-state index in [1.165, 1.54) is 12.8 Å². The predicted molar refractivity (Wildman–Crippen MR) is 64.4 cm³/mol. The first kappa shape index (κ1) is 11.8. The van der Waals surface area contributed by atoms with E-state index >= 15 is 0 Å². The minimum Gasteiger partial charge on any atom is -0.313 e. The van der Waals surface area contributed by atoms with Crippen LogP contribution in [0.1, 0.15) is 18.5 Å². The smallest absolute Gasteiger partial charge is 0.151 e. The van der Waals surface area contributed by atoms with Crippen LogP contribution >= 0.6 is 11.6 Å². The highest BCUT2D eigenvalue weighted by atomic mass is 35.5. The highest BCUT2D eigenvalue weighted by Gasteiger charge is 2.16. The lowest BCUT2D eigenvalue weighted by Gasteiger charge is -2.20. The van der Waals surface area contributed by atoms with Gasteiger partial charge in [-0.25, -0.2) is 0 Å². The van der Waals surface area contributed by atoms with Crippen LogP contribution in [0.25, 0.3) is 0 Å². The van der Waals surface area contributed by atoms with Crippen molar-refractivity contribution in [3.05, 3.63) is 23.0 Å². The Labute approximate surface area is 101 Å². The van der Waals surface area contributed by atoms with Gasteiger partial charge in [-0.05, 0) is 38.6 Å². The number of hydrogen-bond acceptors (Lipinski definition) is 4. The van der Waals surface area contributed by atoms with Crippen LogP contribution < -0.4 is 5.32 Å². The number of likely N-dealkylation sites (N-methyl/N-ethyl adjacent to an activating group) is 1. The summed E-state index contributed by atoms with van der Waals surface area (Å²) in [6.07, 6.45) is 2.57. The van der Waals surface area contributed by atoms with E-state index in [-0.39, 0.29) is 0 Å². The molecule has 0 saturated carbocycles. The third-order valence-corrected chi connectivity index (χ3v) is 3.02. The van der Waals surface area contributed by atoms with Crippen LogP contribution in [0.4, 0.5) is 0 Å². The highest BCUT2D eigenvalue weighted by molar-refractivity contribution is 6.29. The quantitative estimate of drug-likeness (QED) is 0.862. The van der Waals surface area contributed by atoms with E-state index in [1.807, 2.05) is 6.07 Å². The van der Waals surface area contributed by atoms with Gasteiger partial charge in [0.25, 0.3) is 0 Å². The molecule has 1 fully saturated rings. The maximum atomic E-state index is 5.69. The summed E-state index contributed by atoms with van der Waals surface area (Å²) in [6, 6.07) is 4.34. The molecule has 0 bridgehead atoms. The zero-order valence-electron chi connectivity index (χ0n) is 9.49. The van der Waals surface area contributed by atoms with Crippen molar-refractivity contribution < 1.29 is 0 Å². The largest absolute Gasteiger partial charge is 0.313 e. The molecule has 0 aliphatic carbocycles. The molecule has 16 heavy (non-hydrogen) atoms. The zero-order valence-corrected chi connectivity index (χ0v) is 10.2. The van der Waals surface area contributed by atoms with Crippen LogP contribution in [0.15, 0.2) is 12.1 Å². The molecule has 1 aliphatic heterocycles. The molecule has 2 heterocycles. The molecule has 0 unspecified atom stereocenters. The van der Waals surface area contributed by atoms with Crippen LogP contribution in [0, 0.1) is 0 Å². The average molecular weight is 241 g/mol. The third kappa shape index (κ3) is 3.40. The Morgan fingerprint density at radius 1 is 1.50 bits per heavy atom. The van der Waals surface area contributed by atoms with Gasteiger partial charge >= 0.3 is 0 Å². The lowest BCUT2D eigenvalue weighted by molar-refractivity contribution is 0.289. The first-order valence-electron chi connectivity index (χ1n) is 5.64. The summed E-state index contributed by atoms with van der Waals surface area (Å²) in [4.78, 5) is 2.26. The minimum absolute atomic E-state index is 0.448. The highest BCUT2D eigenvalue weighted by Crippen LogP contribution is 2.08. The van der Waals surface area contributed by atoms with Crippen molar-refractivity contribution in [2.75, 3.05) is 20.1 Å². The molecule has 0 amide bonds. The molecule has 1 atom stereocenters. The molecule has 88 valence electrons. The van der Waals surface area contributed by atoms with Gasteiger partial charge in [0, 0.05) is 19.1 Å². The van der Waals surface area contributed by atoms with E-state index in [1.54, 1.807) is 6.07 Å². The molecule has 2 rings (SSSR count). The second-order valence-corrected chi connectivity index (χ2v) is 4.72. The molecule has 1 N–H and O–H groups in total. The van der Waals surface area contributed by atoms with E-state index in [0.717, 1.165) is 25.3 Å². The van der Waals surface area contributed by atoms with Crippen molar-refractivity contribution >= 4 is 11.6 Å². The Morgan fingerprint density at radius 2 is 2.38 bits per heavy atom. The standard InChI is InChI=1S/C11H17ClN4/c1-16(7-9-3-2-6-13-9)8-10-4-5-11(12)15-14-10/h4-5,9,13H,2-3,6-8H2,1H3/t9-/m0/s1. The van der Waals surface area contributed by atoms with E-state index in [2.05, 4.69) is 27.5 Å². The SMILES string of the molecule is CN(Cc1ccc(Cl)nn1)C[C@@H]1CCCN1. The molecule has 0 aromatic carbocycles. The van der Waals surface area contributed by atoms with Gasteiger partial charge in [-0.2, -0.15) is 5.10 Å². The molecule has 1 aromatic heterocycles. The maximum Gasteiger partial charge on any atom is 0.151 e. The Kier molecular flexibility index (Phi) is 4.09. The van der Waals surface area contributed by atoms with Gasteiger partial charge < -0.3 is 5.32 Å².